The predicted molar refractivity (Wildman–Crippen MR) is 159 cm³/mol. The lowest BCUT2D eigenvalue weighted by Gasteiger charge is -2.22. The summed E-state index contributed by atoms with van der Waals surface area (Å²) in [6.07, 6.45) is 7.42. The van der Waals surface area contributed by atoms with Gasteiger partial charge in [0.15, 0.2) is 5.13 Å². The minimum absolute atomic E-state index is 0.138. The van der Waals surface area contributed by atoms with Crippen LogP contribution < -0.4 is 9.64 Å². The largest absolute Gasteiger partial charge is 0.489 e. The fraction of sp³-hybridized carbons (Fsp3) is 0.333. The van der Waals surface area contributed by atoms with Gasteiger partial charge in [0.2, 0.25) is 0 Å². The Morgan fingerprint density at radius 2 is 1.59 bits per heavy atom. The SMILES string of the molecule is CN(Cc1ccc(COc2ccc(CCC(=O)O)cc2)cc1)c1nc(-c2ccc(C3CCCCC3)cc2)cs1. The summed E-state index contributed by atoms with van der Waals surface area (Å²) >= 11 is 1.68. The molecular weight excluding hydrogens is 504 g/mol. The fourth-order valence-corrected chi connectivity index (χ4v) is 5.99. The number of ether oxygens (including phenoxy) is 1. The Labute approximate surface area is 235 Å². The van der Waals surface area contributed by atoms with E-state index in [1.165, 1.54) is 48.8 Å². The van der Waals surface area contributed by atoms with Crippen LogP contribution in [0.1, 0.15) is 66.7 Å². The Hall–Kier alpha value is -3.64. The number of carboxylic acid groups (broad SMARTS) is 1. The van der Waals surface area contributed by atoms with Crippen molar-refractivity contribution in [2.24, 2.45) is 0 Å². The summed E-state index contributed by atoms with van der Waals surface area (Å²) in [6, 6.07) is 25.2. The summed E-state index contributed by atoms with van der Waals surface area (Å²) in [5, 5.41) is 12.0. The van der Waals surface area contributed by atoms with Crippen LogP contribution >= 0.6 is 11.3 Å². The van der Waals surface area contributed by atoms with Gasteiger partial charge in [0.05, 0.1) is 5.69 Å². The Morgan fingerprint density at radius 1 is 0.923 bits per heavy atom. The number of benzene rings is 3. The molecule has 0 unspecified atom stereocenters. The number of thiazole rings is 1. The van der Waals surface area contributed by atoms with Crippen LogP contribution in [0.15, 0.2) is 78.2 Å². The molecule has 1 aromatic heterocycles. The monoisotopic (exact) mass is 540 g/mol. The molecule has 202 valence electrons. The number of aliphatic carboxylic acids is 1. The van der Waals surface area contributed by atoms with Crippen molar-refractivity contribution in [3.8, 4) is 17.0 Å². The number of aromatic nitrogens is 1. The first-order chi connectivity index (χ1) is 19.0. The maximum atomic E-state index is 10.7. The molecular formula is C33H36N2O3S. The third kappa shape index (κ3) is 7.48. The van der Waals surface area contributed by atoms with Crippen LogP contribution in [-0.4, -0.2) is 23.1 Å². The number of hydrogen-bond donors (Lipinski definition) is 1. The zero-order valence-electron chi connectivity index (χ0n) is 22.5. The molecule has 0 saturated heterocycles. The van der Waals surface area contributed by atoms with Gasteiger partial charge >= 0.3 is 5.97 Å². The van der Waals surface area contributed by atoms with E-state index in [-0.39, 0.29) is 6.42 Å². The highest BCUT2D eigenvalue weighted by Gasteiger charge is 2.16. The molecule has 5 nitrogen and oxygen atoms in total. The second-order valence-corrected chi connectivity index (χ2v) is 11.3. The molecule has 1 saturated carbocycles. The van der Waals surface area contributed by atoms with Crippen molar-refractivity contribution in [2.75, 3.05) is 11.9 Å². The molecule has 6 heteroatoms. The van der Waals surface area contributed by atoms with Gasteiger partial charge in [-0.1, -0.05) is 79.9 Å². The molecule has 39 heavy (non-hydrogen) atoms. The third-order valence-corrected chi connectivity index (χ3v) is 8.46. The van der Waals surface area contributed by atoms with Crippen molar-refractivity contribution in [3.63, 3.8) is 0 Å². The Kier molecular flexibility index (Phi) is 8.94. The number of hydrogen-bond acceptors (Lipinski definition) is 5. The molecule has 0 spiro atoms. The number of aryl methyl sites for hydroxylation is 1. The van der Waals surface area contributed by atoms with E-state index in [2.05, 4.69) is 65.9 Å². The van der Waals surface area contributed by atoms with Crippen molar-refractivity contribution in [1.82, 2.24) is 4.98 Å². The van der Waals surface area contributed by atoms with Crippen molar-refractivity contribution in [1.29, 1.82) is 0 Å². The summed E-state index contributed by atoms with van der Waals surface area (Å²) in [6.45, 7) is 1.27. The Balaban J connectivity index is 1.12. The van der Waals surface area contributed by atoms with Crippen LogP contribution in [0.3, 0.4) is 0 Å². The molecule has 0 aliphatic heterocycles. The molecule has 5 rings (SSSR count). The summed E-state index contributed by atoms with van der Waals surface area (Å²) < 4.78 is 5.91. The maximum absolute atomic E-state index is 10.7. The first kappa shape index (κ1) is 26.9. The molecule has 0 amide bonds. The van der Waals surface area contributed by atoms with Gasteiger partial charge < -0.3 is 14.7 Å². The highest BCUT2D eigenvalue weighted by molar-refractivity contribution is 7.14. The lowest BCUT2D eigenvalue weighted by Crippen LogP contribution is -2.16. The van der Waals surface area contributed by atoms with E-state index in [9.17, 15) is 4.79 Å². The van der Waals surface area contributed by atoms with Gasteiger partial charge in [-0.25, -0.2) is 4.98 Å². The van der Waals surface area contributed by atoms with Crippen LogP contribution in [0, 0.1) is 0 Å². The lowest BCUT2D eigenvalue weighted by atomic mass is 9.84. The van der Waals surface area contributed by atoms with Crippen LogP contribution in [0.25, 0.3) is 11.3 Å². The molecule has 1 fully saturated rings. The smallest absolute Gasteiger partial charge is 0.303 e. The van der Waals surface area contributed by atoms with Crippen LogP contribution in [0.4, 0.5) is 5.13 Å². The van der Waals surface area contributed by atoms with Crippen molar-refractivity contribution in [3.05, 3.63) is 100 Å². The van der Waals surface area contributed by atoms with E-state index < -0.39 is 5.97 Å². The van der Waals surface area contributed by atoms with E-state index in [0.29, 0.717) is 13.0 Å². The average Bonchev–Trinajstić information content (AvgIpc) is 3.48. The second-order valence-electron chi connectivity index (χ2n) is 10.5. The van der Waals surface area contributed by atoms with Gasteiger partial charge in [-0.2, -0.15) is 0 Å². The van der Waals surface area contributed by atoms with Gasteiger partial charge in [-0.15, -0.1) is 11.3 Å². The molecule has 1 N–H and O–H groups in total. The standard InChI is InChI=1S/C33H36N2O3S/c1-35(33-34-31(23-39-33)29-16-14-28(15-17-29)27-5-3-2-4-6-27)21-25-7-9-26(10-8-25)22-38-30-18-11-24(12-19-30)13-20-32(36)37/h7-12,14-19,23,27H,2-6,13,20-22H2,1H3,(H,36,37). The molecule has 0 bridgehead atoms. The summed E-state index contributed by atoms with van der Waals surface area (Å²) in [7, 11) is 2.09. The van der Waals surface area contributed by atoms with E-state index in [0.717, 1.165) is 40.2 Å². The number of anilines is 1. The number of carboxylic acids is 1. The summed E-state index contributed by atoms with van der Waals surface area (Å²) in [5.41, 5.74) is 7.02. The zero-order chi connectivity index (χ0) is 27.0. The number of carbonyl (C=O) groups is 1. The van der Waals surface area contributed by atoms with Gasteiger partial charge in [-0.05, 0) is 59.6 Å². The van der Waals surface area contributed by atoms with E-state index >= 15 is 0 Å². The molecule has 1 aliphatic carbocycles. The Bertz CT molecular complexity index is 1340. The second kappa shape index (κ2) is 12.9. The quantitative estimate of drug-likeness (QED) is 0.208. The van der Waals surface area contributed by atoms with Crippen LogP contribution in [-0.2, 0) is 24.4 Å². The molecule has 1 heterocycles. The minimum Gasteiger partial charge on any atom is -0.489 e. The lowest BCUT2D eigenvalue weighted by molar-refractivity contribution is -0.136. The summed E-state index contributed by atoms with van der Waals surface area (Å²) in [4.78, 5) is 17.8. The predicted octanol–water partition coefficient (Wildman–Crippen LogP) is 8.09. The molecule has 1 aliphatic rings. The van der Waals surface area contributed by atoms with Crippen molar-refractivity contribution < 1.29 is 14.6 Å². The van der Waals surface area contributed by atoms with Gasteiger partial charge in [0.1, 0.15) is 12.4 Å². The number of rotatable bonds is 11. The Morgan fingerprint density at radius 3 is 2.28 bits per heavy atom. The molecule has 0 radical (unpaired) electrons. The molecule has 0 atom stereocenters. The van der Waals surface area contributed by atoms with E-state index in [1.807, 2.05) is 24.3 Å². The maximum Gasteiger partial charge on any atom is 0.303 e. The van der Waals surface area contributed by atoms with Crippen molar-refractivity contribution >= 4 is 22.4 Å². The molecule has 4 aromatic rings. The van der Waals surface area contributed by atoms with Crippen LogP contribution in [0.5, 0.6) is 5.75 Å². The first-order valence-corrected chi connectivity index (χ1v) is 14.7. The van der Waals surface area contributed by atoms with Gasteiger partial charge in [0.25, 0.3) is 0 Å². The minimum atomic E-state index is -0.781. The first-order valence-electron chi connectivity index (χ1n) is 13.8. The highest BCUT2D eigenvalue weighted by Crippen LogP contribution is 2.34. The third-order valence-electron chi connectivity index (χ3n) is 7.50. The highest BCUT2D eigenvalue weighted by atomic mass is 32.1. The number of nitrogens with zero attached hydrogens (tertiary/aromatic N) is 2. The summed E-state index contributed by atoms with van der Waals surface area (Å²) in [5.74, 6) is 0.726. The van der Waals surface area contributed by atoms with Crippen molar-refractivity contribution in [2.45, 2.75) is 64.0 Å². The van der Waals surface area contributed by atoms with E-state index in [1.54, 1.807) is 11.3 Å². The van der Waals surface area contributed by atoms with Gasteiger partial charge in [-0.3, -0.25) is 4.79 Å². The fourth-order valence-electron chi connectivity index (χ4n) is 5.19. The topological polar surface area (TPSA) is 62.7 Å². The normalized spacial score (nSPS) is 13.8. The van der Waals surface area contributed by atoms with E-state index in [4.69, 9.17) is 14.8 Å². The molecule has 3 aromatic carbocycles. The average molecular weight is 541 g/mol. The van der Waals surface area contributed by atoms with Gasteiger partial charge in [0, 0.05) is 31.0 Å². The van der Waals surface area contributed by atoms with Crippen LogP contribution in [0.2, 0.25) is 0 Å². The zero-order valence-corrected chi connectivity index (χ0v) is 23.3.